The fourth-order valence-corrected chi connectivity index (χ4v) is 2.40. The van der Waals surface area contributed by atoms with Crippen molar-refractivity contribution >= 4 is 23.6 Å². The molecule has 1 aromatic rings. The molecular formula is C13H19N3O5S. The summed E-state index contributed by atoms with van der Waals surface area (Å²) in [6.45, 7) is 2.04. The second kappa shape index (κ2) is 9.08. The maximum Gasteiger partial charge on any atom is 0.328 e. The SMILES string of the molecule is CCSCCC(NC(=O)CCn1ccc(=O)[nH]c1=O)C(=O)O. The molecule has 0 bridgehead atoms. The van der Waals surface area contributed by atoms with Crippen LogP contribution in [0.15, 0.2) is 21.9 Å². The lowest BCUT2D eigenvalue weighted by molar-refractivity contribution is -0.141. The number of hydrogen-bond donors (Lipinski definition) is 3. The van der Waals surface area contributed by atoms with Gasteiger partial charge in [0.25, 0.3) is 5.56 Å². The van der Waals surface area contributed by atoms with Crippen molar-refractivity contribution in [3.8, 4) is 0 Å². The van der Waals surface area contributed by atoms with E-state index < -0.39 is 29.2 Å². The van der Waals surface area contributed by atoms with Crippen LogP contribution in [-0.2, 0) is 16.1 Å². The monoisotopic (exact) mass is 329 g/mol. The van der Waals surface area contributed by atoms with E-state index in [0.717, 1.165) is 5.75 Å². The van der Waals surface area contributed by atoms with Crippen LogP contribution < -0.4 is 16.6 Å². The zero-order chi connectivity index (χ0) is 16.5. The van der Waals surface area contributed by atoms with Gasteiger partial charge in [-0.2, -0.15) is 11.8 Å². The minimum absolute atomic E-state index is 0.0450. The summed E-state index contributed by atoms with van der Waals surface area (Å²) < 4.78 is 1.18. The highest BCUT2D eigenvalue weighted by molar-refractivity contribution is 7.99. The van der Waals surface area contributed by atoms with E-state index in [1.807, 2.05) is 6.92 Å². The van der Waals surface area contributed by atoms with Gasteiger partial charge in [0, 0.05) is 25.2 Å². The summed E-state index contributed by atoms with van der Waals surface area (Å²) in [7, 11) is 0. The highest BCUT2D eigenvalue weighted by Crippen LogP contribution is 2.04. The highest BCUT2D eigenvalue weighted by Gasteiger charge is 2.19. The predicted octanol–water partition coefficient (Wildman–Crippen LogP) is -0.361. The molecule has 1 rings (SSSR count). The lowest BCUT2D eigenvalue weighted by atomic mass is 10.2. The van der Waals surface area contributed by atoms with Crippen molar-refractivity contribution < 1.29 is 14.7 Å². The van der Waals surface area contributed by atoms with Crippen molar-refractivity contribution in [3.63, 3.8) is 0 Å². The van der Waals surface area contributed by atoms with E-state index in [1.54, 1.807) is 11.8 Å². The number of nitrogens with one attached hydrogen (secondary N) is 2. The number of carboxylic acids is 1. The molecule has 0 spiro atoms. The number of hydrogen-bond acceptors (Lipinski definition) is 5. The molecule has 1 aromatic heterocycles. The quantitative estimate of drug-likeness (QED) is 0.532. The van der Waals surface area contributed by atoms with E-state index in [1.165, 1.54) is 16.8 Å². The first-order valence-electron chi connectivity index (χ1n) is 6.83. The maximum atomic E-state index is 11.8. The molecular weight excluding hydrogens is 310 g/mol. The Balaban J connectivity index is 2.51. The normalized spacial score (nSPS) is 11.9. The van der Waals surface area contributed by atoms with Crippen molar-refractivity contribution in [2.45, 2.75) is 32.4 Å². The second-order valence-corrected chi connectivity index (χ2v) is 5.89. The van der Waals surface area contributed by atoms with Gasteiger partial charge in [-0.15, -0.1) is 0 Å². The third-order valence-corrected chi connectivity index (χ3v) is 3.80. The number of carbonyl (C=O) groups excluding carboxylic acids is 1. The first kappa shape index (κ1) is 18.0. The third kappa shape index (κ3) is 6.17. The maximum absolute atomic E-state index is 11.8. The predicted molar refractivity (Wildman–Crippen MR) is 83.1 cm³/mol. The standard InChI is InChI=1S/C13H19N3O5S/c1-2-22-8-5-9(12(19)20)14-10(17)3-6-16-7-4-11(18)15-13(16)21/h4,7,9H,2-3,5-6,8H2,1H3,(H,14,17)(H,19,20)(H,15,18,21). The molecule has 0 aromatic carbocycles. The van der Waals surface area contributed by atoms with Crippen LogP contribution in [0.5, 0.6) is 0 Å². The molecule has 0 saturated carbocycles. The van der Waals surface area contributed by atoms with Gasteiger partial charge >= 0.3 is 11.7 Å². The minimum atomic E-state index is -1.08. The summed E-state index contributed by atoms with van der Waals surface area (Å²) in [6.07, 6.45) is 1.59. The fraction of sp³-hybridized carbons (Fsp3) is 0.538. The van der Waals surface area contributed by atoms with Crippen LogP contribution in [0.1, 0.15) is 19.8 Å². The summed E-state index contributed by atoms with van der Waals surface area (Å²) >= 11 is 1.60. The second-order valence-electron chi connectivity index (χ2n) is 4.50. The van der Waals surface area contributed by atoms with Crippen LogP contribution in [0.25, 0.3) is 0 Å². The van der Waals surface area contributed by atoms with Crippen molar-refractivity contribution in [1.82, 2.24) is 14.9 Å². The molecule has 1 atom stereocenters. The summed E-state index contributed by atoms with van der Waals surface area (Å²) in [5.41, 5.74) is -1.11. The van der Waals surface area contributed by atoms with Crippen LogP contribution in [0.3, 0.4) is 0 Å². The first-order chi connectivity index (χ1) is 10.4. The van der Waals surface area contributed by atoms with E-state index in [-0.39, 0.29) is 13.0 Å². The largest absolute Gasteiger partial charge is 0.480 e. The number of H-pyrrole nitrogens is 1. The molecule has 0 radical (unpaired) electrons. The Kier molecular flexibility index (Phi) is 7.44. The highest BCUT2D eigenvalue weighted by atomic mass is 32.2. The lowest BCUT2D eigenvalue weighted by Crippen LogP contribution is -2.41. The van der Waals surface area contributed by atoms with Crippen LogP contribution >= 0.6 is 11.8 Å². The van der Waals surface area contributed by atoms with Gasteiger partial charge in [0.05, 0.1) is 0 Å². The van der Waals surface area contributed by atoms with Gasteiger partial charge in [0.1, 0.15) is 6.04 Å². The lowest BCUT2D eigenvalue weighted by Gasteiger charge is -2.14. The average molecular weight is 329 g/mol. The van der Waals surface area contributed by atoms with Crippen LogP contribution in [0.4, 0.5) is 0 Å². The van der Waals surface area contributed by atoms with E-state index in [0.29, 0.717) is 12.2 Å². The summed E-state index contributed by atoms with van der Waals surface area (Å²) in [5, 5.41) is 11.5. The van der Waals surface area contributed by atoms with Gasteiger partial charge < -0.3 is 15.0 Å². The van der Waals surface area contributed by atoms with Gasteiger partial charge in [-0.05, 0) is 17.9 Å². The number of carbonyl (C=O) groups is 2. The Hall–Kier alpha value is -2.03. The number of amides is 1. The van der Waals surface area contributed by atoms with E-state index >= 15 is 0 Å². The van der Waals surface area contributed by atoms with Crippen molar-refractivity contribution in [2.75, 3.05) is 11.5 Å². The molecule has 1 amide bonds. The number of nitrogens with zero attached hydrogens (tertiary/aromatic N) is 1. The number of rotatable bonds is 9. The minimum Gasteiger partial charge on any atom is -0.480 e. The molecule has 0 aliphatic carbocycles. The molecule has 1 unspecified atom stereocenters. The van der Waals surface area contributed by atoms with Crippen LogP contribution in [-0.4, -0.2) is 44.1 Å². The number of aromatic amines is 1. The molecule has 22 heavy (non-hydrogen) atoms. The van der Waals surface area contributed by atoms with Crippen molar-refractivity contribution in [1.29, 1.82) is 0 Å². The third-order valence-electron chi connectivity index (χ3n) is 2.86. The fourth-order valence-electron chi connectivity index (χ4n) is 1.71. The number of aromatic nitrogens is 2. The summed E-state index contributed by atoms with van der Waals surface area (Å²) in [6, 6.07) is 0.250. The van der Waals surface area contributed by atoms with Crippen LogP contribution in [0, 0.1) is 0 Å². The summed E-state index contributed by atoms with van der Waals surface area (Å²) in [4.78, 5) is 47.3. The Morgan fingerprint density at radius 2 is 2.18 bits per heavy atom. The molecule has 0 saturated heterocycles. The van der Waals surface area contributed by atoms with E-state index in [9.17, 15) is 19.2 Å². The molecule has 0 aliphatic rings. The zero-order valence-corrected chi connectivity index (χ0v) is 13.0. The van der Waals surface area contributed by atoms with E-state index in [4.69, 9.17) is 5.11 Å². The van der Waals surface area contributed by atoms with Crippen molar-refractivity contribution in [2.24, 2.45) is 0 Å². The molecule has 3 N–H and O–H groups in total. The Labute approximate surface area is 130 Å². The van der Waals surface area contributed by atoms with Crippen molar-refractivity contribution in [3.05, 3.63) is 33.1 Å². The molecule has 1 heterocycles. The number of aliphatic carboxylic acids is 1. The number of aryl methyl sites for hydroxylation is 1. The molecule has 122 valence electrons. The number of thioether (sulfide) groups is 1. The Morgan fingerprint density at radius 3 is 2.77 bits per heavy atom. The van der Waals surface area contributed by atoms with Gasteiger partial charge in [-0.3, -0.25) is 14.6 Å². The van der Waals surface area contributed by atoms with Gasteiger partial charge in [0.15, 0.2) is 0 Å². The summed E-state index contributed by atoms with van der Waals surface area (Å²) in [5.74, 6) is 0.000907. The van der Waals surface area contributed by atoms with Crippen LogP contribution in [0.2, 0.25) is 0 Å². The van der Waals surface area contributed by atoms with E-state index in [2.05, 4.69) is 10.3 Å². The van der Waals surface area contributed by atoms with Gasteiger partial charge in [0.2, 0.25) is 5.91 Å². The molecule has 0 aliphatic heterocycles. The topological polar surface area (TPSA) is 121 Å². The molecule has 9 heteroatoms. The smallest absolute Gasteiger partial charge is 0.328 e. The van der Waals surface area contributed by atoms with Gasteiger partial charge in [-0.25, -0.2) is 9.59 Å². The Bertz CT molecular complexity index is 625. The number of carboxylic acid groups (broad SMARTS) is 1. The first-order valence-corrected chi connectivity index (χ1v) is 7.99. The molecule has 0 fully saturated rings. The Morgan fingerprint density at radius 1 is 1.45 bits per heavy atom. The average Bonchev–Trinajstić information content (AvgIpc) is 2.45. The van der Waals surface area contributed by atoms with Gasteiger partial charge in [-0.1, -0.05) is 6.92 Å². The zero-order valence-electron chi connectivity index (χ0n) is 12.2. The molecule has 8 nitrogen and oxygen atoms in total.